The Labute approximate surface area is 111 Å². The molecule has 0 aliphatic carbocycles. The van der Waals surface area contributed by atoms with Crippen LogP contribution in [0.4, 0.5) is 10.1 Å². The summed E-state index contributed by atoms with van der Waals surface area (Å²) in [6.07, 6.45) is 0. The predicted octanol–water partition coefficient (Wildman–Crippen LogP) is 0.592. The number of nitrogens with zero attached hydrogens (tertiary/aromatic N) is 1. The fraction of sp³-hybridized carbons (Fsp3) is 0.364. The molecule has 0 fully saturated rings. The zero-order valence-corrected chi connectivity index (χ0v) is 11.4. The zero-order chi connectivity index (χ0) is 14.6. The van der Waals surface area contributed by atoms with E-state index in [1.54, 1.807) is 0 Å². The van der Waals surface area contributed by atoms with Crippen molar-refractivity contribution in [3.8, 4) is 0 Å². The van der Waals surface area contributed by atoms with Gasteiger partial charge in [-0.15, -0.1) is 0 Å². The second-order valence-corrected chi connectivity index (χ2v) is 5.54. The average Bonchev–Trinajstić information content (AvgIpc) is 2.34. The first-order valence-corrected chi connectivity index (χ1v) is 6.89. The number of halogens is 1. The van der Waals surface area contributed by atoms with Gasteiger partial charge in [0.15, 0.2) is 0 Å². The molecule has 0 aliphatic rings. The summed E-state index contributed by atoms with van der Waals surface area (Å²) in [7, 11) is -3.05. The Morgan fingerprint density at radius 3 is 2.58 bits per heavy atom. The molecular formula is C11H15FN2O4S. The van der Waals surface area contributed by atoms with Crippen LogP contribution in [0.1, 0.15) is 6.92 Å². The molecule has 0 saturated carbocycles. The normalized spacial score (nSPS) is 11.6. The van der Waals surface area contributed by atoms with Gasteiger partial charge in [-0.2, -0.15) is 4.31 Å². The zero-order valence-electron chi connectivity index (χ0n) is 10.6. The van der Waals surface area contributed by atoms with Gasteiger partial charge >= 0.3 is 5.97 Å². The molecule has 1 rings (SSSR count). The van der Waals surface area contributed by atoms with Gasteiger partial charge in [-0.1, -0.05) is 13.0 Å². The predicted molar refractivity (Wildman–Crippen MR) is 67.3 cm³/mol. The van der Waals surface area contributed by atoms with E-state index in [0.717, 1.165) is 17.5 Å². The number of benzene rings is 1. The van der Waals surface area contributed by atoms with Crippen molar-refractivity contribution in [2.24, 2.45) is 0 Å². The number of likely N-dealkylation sites (N-methyl/N-ethyl adjacent to an activating group) is 1. The highest BCUT2D eigenvalue weighted by atomic mass is 32.2. The summed E-state index contributed by atoms with van der Waals surface area (Å²) in [5, 5.41) is 0. The molecule has 0 heterocycles. The molecule has 0 saturated heterocycles. The van der Waals surface area contributed by atoms with Gasteiger partial charge in [0.2, 0.25) is 10.0 Å². The Morgan fingerprint density at radius 2 is 2.11 bits per heavy atom. The second-order valence-electron chi connectivity index (χ2n) is 3.67. The van der Waals surface area contributed by atoms with E-state index in [0.29, 0.717) is 0 Å². The molecule has 0 spiro atoms. The Morgan fingerprint density at radius 1 is 1.47 bits per heavy atom. The molecule has 19 heavy (non-hydrogen) atoms. The summed E-state index contributed by atoms with van der Waals surface area (Å²) in [4.78, 5) is 10.6. The Bertz CT molecular complexity index is 554. The monoisotopic (exact) mass is 290 g/mol. The Balaban J connectivity index is 3.25. The van der Waals surface area contributed by atoms with Crippen LogP contribution in [0.2, 0.25) is 0 Å². The molecular weight excluding hydrogens is 275 g/mol. The maximum absolute atomic E-state index is 13.7. The third kappa shape index (κ3) is 3.21. The van der Waals surface area contributed by atoms with Gasteiger partial charge in [0.05, 0.1) is 12.8 Å². The van der Waals surface area contributed by atoms with Crippen molar-refractivity contribution >= 4 is 21.7 Å². The van der Waals surface area contributed by atoms with Gasteiger partial charge in [-0.05, 0) is 12.1 Å². The van der Waals surface area contributed by atoms with Crippen molar-refractivity contribution in [3.05, 3.63) is 24.0 Å². The van der Waals surface area contributed by atoms with Gasteiger partial charge < -0.3 is 10.5 Å². The minimum atomic E-state index is -4.19. The molecule has 0 radical (unpaired) electrons. The SMILES string of the molecule is CCN(CC(=O)OC)S(=O)(=O)c1c(N)cccc1F. The van der Waals surface area contributed by atoms with Crippen LogP contribution in [0.15, 0.2) is 23.1 Å². The maximum Gasteiger partial charge on any atom is 0.321 e. The molecule has 0 amide bonds. The van der Waals surface area contributed by atoms with Gasteiger partial charge in [0.25, 0.3) is 0 Å². The molecule has 0 aromatic heterocycles. The number of ether oxygens (including phenoxy) is 1. The van der Waals surface area contributed by atoms with E-state index in [9.17, 15) is 17.6 Å². The van der Waals surface area contributed by atoms with Gasteiger partial charge in [-0.3, -0.25) is 4.79 Å². The number of carbonyl (C=O) groups is 1. The standard InChI is InChI=1S/C11H15FN2O4S/c1-3-14(7-10(15)18-2)19(16,17)11-8(12)5-4-6-9(11)13/h4-6H,3,7,13H2,1-2H3. The molecule has 106 valence electrons. The number of carbonyl (C=O) groups excluding carboxylic acids is 1. The van der Waals surface area contributed by atoms with Gasteiger partial charge in [0, 0.05) is 6.54 Å². The van der Waals surface area contributed by atoms with Crippen molar-refractivity contribution in [2.75, 3.05) is 25.9 Å². The lowest BCUT2D eigenvalue weighted by atomic mass is 10.3. The van der Waals surface area contributed by atoms with Crippen LogP contribution in [0.5, 0.6) is 0 Å². The van der Waals surface area contributed by atoms with Crippen molar-refractivity contribution in [1.82, 2.24) is 4.31 Å². The number of nitrogen functional groups attached to an aromatic ring is 1. The minimum Gasteiger partial charge on any atom is -0.468 e. The van der Waals surface area contributed by atoms with Crippen molar-refractivity contribution < 1.29 is 22.3 Å². The van der Waals surface area contributed by atoms with E-state index >= 15 is 0 Å². The maximum atomic E-state index is 13.7. The number of hydrogen-bond donors (Lipinski definition) is 1. The first-order chi connectivity index (χ1) is 8.84. The van der Waals surface area contributed by atoms with E-state index < -0.39 is 33.3 Å². The third-order valence-corrected chi connectivity index (χ3v) is 4.49. The lowest BCUT2D eigenvalue weighted by Crippen LogP contribution is -2.36. The molecule has 8 heteroatoms. The molecule has 1 aromatic carbocycles. The van der Waals surface area contributed by atoms with E-state index in [1.807, 2.05) is 0 Å². The van der Waals surface area contributed by atoms with Crippen LogP contribution >= 0.6 is 0 Å². The summed E-state index contributed by atoms with van der Waals surface area (Å²) in [5.74, 6) is -1.69. The number of anilines is 1. The summed E-state index contributed by atoms with van der Waals surface area (Å²) >= 11 is 0. The highest BCUT2D eigenvalue weighted by Gasteiger charge is 2.30. The quantitative estimate of drug-likeness (QED) is 0.633. The molecule has 0 bridgehead atoms. The third-order valence-electron chi connectivity index (χ3n) is 2.48. The van der Waals surface area contributed by atoms with Crippen LogP contribution in [-0.4, -0.2) is 38.9 Å². The number of sulfonamides is 1. The molecule has 0 atom stereocenters. The van der Waals surface area contributed by atoms with Crippen LogP contribution < -0.4 is 5.73 Å². The smallest absolute Gasteiger partial charge is 0.321 e. The first kappa shape index (κ1) is 15.4. The molecule has 1 aromatic rings. The lowest BCUT2D eigenvalue weighted by molar-refractivity contribution is -0.140. The summed E-state index contributed by atoms with van der Waals surface area (Å²) in [6, 6.07) is 3.58. The van der Waals surface area contributed by atoms with Crippen molar-refractivity contribution in [1.29, 1.82) is 0 Å². The topological polar surface area (TPSA) is 89.7 Å². The molecule has 0 unspecified atom stereocenters. The van der Waals surface area contributed by atoms with E-state index in [4.69, 9.17) is 5.73 Å². The summed E-state index contributed by atoms with van der Waals surface area (Å²) in [5.41, 5.74) is 5.30. The van der Waals surface area contributed by atoms with Gasteiger partial charge in [0.1, 0.15) is 17.3 Å². The highest BCUT2D eigenvalue weighted by molar-refractivity contribution is 7.89. The second kappa shape index (κ2) is 5.98. The molecule has 6 nitrogen and oxygen atoms in total. The number of nitrogens with two attached hydrogens (primary N) is 1. The first-order valence-electron chi connectivity index (χ1n) is 5.45. The van der Waals surface area contributed by atoms with Crippen molar-refractivity contribution in [3.63, 3.8) is 0 Å². The van der Waals surface area contributed by atoms with Crippen LogP contribution in [0, 0.1) is 5.82 Å². The number of esters is 1. The number of methoxy groups -OCH3 is 1. The number of hydrogen-bond acceptors (Lipinski definition) is 5. The van der Waals surface area contributed by atoms with E-state index in [1.165, 1.54) is 19.1 Å². The van der Waals surface area contributed by atoms with E-state index in [-0.39, 0.29) is 12.2 Å². The fourth-order valence-corrected chi connectivity index (χ4v) is 3.06. The fourth-order valence-electron chi connectivity index (χ4n) is 1.50. The largest absolute Gasteiger partial charge is 0.468 e. The van der Waals surface area contributed by atoms with Crippen LogP contribution in [-0.2, 0) is 19.6 Å². The Hall–Kier alpha value is -1.67. The Kier molecular flexibility index (Phi) is 4.84. The minimum absolute atomic E-state index is 0.00872. The molecule has 2 N–H and O–H groups in total. The molecule has 0 aliphatic heterocycles. The van der Waals surface area contributed by atoms with E-state index in [2.05, 4.69) is 4.74 Å². The summed E-state index contributed by atoms with van der Waals surface area (Å²) < 4.78 is 43.4. The van der Waals surface area contributed by atoms with Crippen LogP contribution in [0.3, 0.4) is 0 Å². The van der Waals surface area contributed by atoms with Crippen molar-refractivity contribution in [2.45, 2.75) is 11.8 Å². The lowest BCUT2D eigenvalue weighted by Gasteiger charge is -2.20. The highest BCUT2D eigenvalue weighted by Crippen LogP contribution is 2.25. The average molecular weight is 290 g/mol. The van der Waals surface area contributed by atoms with Gasteiger partial charge in [-0.25, -0.2) is 12.8 Å². The number of rotatable bonds is 5. The van der Waals surface area contributed by atoms with Crippen LogP contribution in [0.25, 0.3) is 0 Å². The summed E-state index contributed by atoms with van der Waals surface area (Å²) in [6.45, 7) is 1.02.